The summed E-state index contributed by atoms with van der Waals surface area (Å²) in [5.41, 5.74) is 22.2. The summed E-state index contributed by atoms with van der Waals surface area (Å²) in [5.74, 6) is 0. The molecule has 1 atom stereocenters. The molecule has 2 aliphatic heterocycles. The van der Waals surface area contributed by atoms with Crippen LogP contribution >= 0.6 is 0 Å². The molecular weight excluding hydrogens is 763 g/mol. The lowest BCUT2D eigenvalue weighted by atomic mass is 9.67. The number of aryl methyl sites for hydroxylation is 3. The number of rotatable bonds is 6. The van der Waals surface area contributed by atoms with Crippen molar-refractivity contribution in [3.8, 4) is 5.69 Å². The molecule has 0 saturated heterocycles. The SMILES string of the molecule is Cc1cccc(N(c2ccc3c(c2)CCC=C3)c2cc3c4c(c2)c2c5n4-c4c(cccc4C3(C)C)C(C)(C)C=5CC(N(c3ccc4ccccc4c3)c3cccc(C)c3C)C=2)c1C. The van der Waals surface area contributed by atoms with Crippen LogP contribution in [0.2, 0.25) is 0 Å². The quantitative estimate of drug-likeness (QED) is 0.166. The van der Waals surface area contributed by atoms with E-state index in [4.69, 9.17) is 0 Å². The molecule has 4 aliphatic rings. The highest BCUT2D eigenvalue weighted by molar-refractivity contribution is 5.99. The Balaban J connectivity index is 1.19. The van der Waals surface area contributed by atoms with E-state index in [1.807, 2.05) is 0 Å². The molecule has 63 heavy (non-hydrogen) atoms. The van der Waals surface area contributed by atoms with E-state index in [-0.39, 0.29) is 16.9 Å². The van der Waals surface area contributed by atoms with Crippen molar-refractivity contribution >= 4 is 67.8 Å². The standard InChI is InChI=1S/C60H55N3/c1-36-16-13-24-54(38(36)3)61(44-28-26-40-18-9-11-20-42(40)30-44)46-32-48-49-33-47(62(55-25-14-17-37(2)39(55)4)45-29-27-41-19-10-12-21-43(41)31-45)35-53-57(49)63-56(48)52(34-46)59(5,6)50-22-15-23-51(58(50)63)60(53,7)8/h9-11,13-20,22-33,35,46H,12,21,34H2,1-8H3. The summed E-state index contributed by atoms with van der Waals surface area (Å²) in [6.07, 6.45) is 10.3. The first-order valence-corrected chi connectivity index (χ1v) is 23.0. The number of fused-ring (bicyclic) bond motifs is 3. The van der Waals surface area contributed by atoms with Crippen molar-refractivity contribution in [2.75, 3.05) is 9.80 Å². The zero-order valence-electron chi connectivity index (χ0n) is 37.9. The Kier molecular flexibility index (Phi) is 8.15. The van der Waals surface area contributed by atoms with Gasteiger partial charge >= 0.3 is 0 Å². The molecule has 1 unspecified atom stereocenters. The van der Waals surface area contributed by atoms with Gasteiger partial charge in [-0.1, -0.05) is 125 Å². The predicted molar refractivity (Wildman–Crippen MR) is 267 cm³/mol. The third-order valence-electron chi connectivity index (χ3n) is 15.7. The summed E-state index contributed by atoms with van der Waals surface area (Å²) in [7, 11) is 0. The van der Waals surface area contributed by atoms with Gasteiger partial charge in [-0.05, 0) is 162 Å². The highest BCUT2D eigenvalue weighted by atomic mass is 15.2. The van der Waals surface area contributed by atoms with Crippen LogP contribution in [-0.2, 0) is 17.3 Å². The van der Waals surface area contributed by atoms with E-state index in [1.54, 1.807) is 0 Å². The first-order chi connectivity index (χ1) is 30.4. The number of aromatic nitrogens is 1. The van der Waals surface area contributed by atoms with Crippen LogP contribution in [-0.4, -0.2) is 10.6 Å². The Morgan fingerprint density at radius 3 is 2.10 bits per heavy atom. The normalized spacial score (nSPS) is 17.1. The first kappa shape index (κ1) is 38.1. The zero-order valence-corrected chi connectivity index (χ0v) is 37.9. The minimum Gasteiger partial charge on any atom is -0.334 e. The van der Waals surface area contributed by atoms with Crippen LogP contribution in [0.15, 0.2) is 133 Å². The van der Waals surface area contributed by atoms with Gasteiger partial charge in [0.2, 0.25) is 0 Å². The number of allylic oxidation sites excluding steroid dienone is 1. The molecule has 0 spiro atoms. The van der Waals surface area contributed by atoms with Gasteiger partial charge in [0, 0.05) is 49.9 Å². The number of hydrogen-bond donors (Lipinski definition) is 0. The highest BCUT2D eigenvalue weighted by Gasteiger charge is 2.45. The lowest BCUT2D eigenvalue weighted by Crippen LogP contribution is -2.49. The second kappa shape index (κ2) is 13.5. The van der Waals surface area contributed by atoms with Crippen LogP contribution in [0.5, 0.6) is 0 Å². The molecule has 3 nitrogen and oxygen atoms in total. The Labute approximate surface area is 371 Å². The summed E-state index contributed by atoms with van der Waals surface area (Å²) in [5, 5.41) is 6.62. The Morgan fingerprint density at radius 1 is 0.603 bits per heavy atom. The third-order valence-corrected chi connectivity index (χ3v) is 15.7. The van der Waals surface area contributed by atoms with Crippen LogP contribution in [0.4, 0.5) is 28.4 Å². The second-order valence-corrected chi connectivity index (χ2v) is 19.9. The van der Waals surface area contributed by atoms with Crippen molar-refractivity contribution in [2.45, 2.75) is 91.5 Å². The molecule has 8 aromatic rings. The number of nitrogens with zero attached hydrogens (tertiary/aromatic N) is 3. The molecule has 3 heterocycles. The van der Waals surface area contributed by atoms with Gasteiger partial charge in [0.05, 0.1) is 22.6 Å². The van der Waals surface area contributed by atoms with Crippen molar-refractivity contribution in [1.29, 1.82) is 0 Å². The fourth-order valence-corrected chi connectivity index (χ4v) is 11.9. The van der Waals surface area contributed by atoms with E-state index in [2.05, 4.69) is 215 Å². The van der Waals surface area contributed by atoms with Crippen molar-refractivity contribution in [2.24, 2.45) is 0 Å². The number of anilines is 5. The maximum atomic E-state index is 2.71. The van der Waals surface area contributed by atoms with Crippen LogP contribution < -0.4 is 20.4 Å². The summed E-state index contributed by atoms with van der Waals surface area (Å²) in [6, 6.07) is 48.9. The van der Waals surface area contributed by atoms with Crippen LogP contribution in [0.25, 0.3) is 45.1 Å². The molecule has 2 aliphatic carbocycles. The van der Waals surface area contributed by atoms with Gasteiger partial charge in [0.15, 0.2) is 0 Å². The maximum Gasteiger partial charge on any atom is 0.0583 e. The van der Waals surface area contributed by atoms with Gasteiger partial charge in [-0.15, -0.1) is 0 Å². The van der Waals surface area contributed by atoms with Crippen molar-refractivity contribution in [3.63, 3.8) is 0 Å². The van der Waals surface area contributed by atoms with Gasteiger partial charge in [-0.3, -0.25) is 0 Å². The summed E-state index contributed by atoms with van der Waals surface area (Å²) >= 11 is 0. The van der Waals surface area contributed by atoms with E-state index in [1.165, 1.54) is 122 Å². The molecule has 7 aromatic carbocycles. The van der Waals surface area contributed by atoms with E-state index < -0.39 is 0 Å². The van der Waals surface area contributed by atoms with Crippen molar-refractivity contribution in [3.05, 3.63) is 194 Å². The number of para-hydroxylation sites is 1. The third kappa shape index (κ3) is 5.38. The molecule has 0 amide bonds. The topological polar surface area (TPSA) is 11.4 Å². The minimum absolute atomic E-state index is 0.0712. The monoisotopic (exact) mass is 817 g/mol. The summed E-state index contributed by atoms with van der Waals surface area (Å²) < 4.78 is 2.71. The largest absolute Gasteiger partial charge is 0.334 e. The van der Waals surface area contributed by atoms with Crippen LogP contribution in [0, 0.1) is 27.7 Å². The molecule has 0 radical (unpaired) electrons. The van der Waals surface area contributed by atoms with Crippen LogP contribution in [0.3, 0.4) is 0 Å². The lowest BCUT2D eigenvalue weighted by Gasteiger charge is -2.44. The lowest BCUT2D eigenvalue weighted by molar-refractivity contribution is 0.585. The van der Waals surface area contributed by atoms with Crippen LogP contribution in [0.1, 0.15) is 90.6 Å². The van der Waals surface area contributed by atoms with Gasteiger partial charge in [-0.25, -0.2) is 0 Å². The maximum absolute atomic E-state index is 2.71. The molecule has 3 heteroatoms. The molecule has 0 saturated carbocycles. The van der Waals surface area contributed by atoms with Gasteiger partial charge < -0.3 is 14.4 Å². The molecule has 0 bridgehead atoms. The van der Waals surface area contributed by atoms with E-state index in [9.17, 15) is 0 Å². The van der Waals surface area contributed by atoms with E-state index in [0.717, 1.165) is 19.3 Å². The number of hydrogen-bond acceptors (Lipinski definition) is 2. The van der Waals surface area contributed by atoms with Crippen molar-refractivity contribution in [1.82, 2.24) is 4.57 Å². The summed E-state index contributed by atoms with van der Waals surface area (Å²) in [4.78, 5) is 5.23. The number of benzene rings is 7. The minimum atomic E-state index is -0.243. The molecule has 0 fully saturated rings. The zero-order chi connectivity index (χ0) is 43.1. The smallest absolute Gasteiger partial charge is 0.0583 e. The Morgan fingerprint density at radius 2 is 1.30 bits per heavy atom. The summed E-state index contributed by atoms with van der Waals surface area (Å²) in [6.45, 7) is 19.0. The van der Waals surface area contributed by atoms with Gasteiger partial charge in [-0.2, -0.15) is 0 Å². The average Bonchev–Trinajstić information content (AvgIpc) is 3.62. The van der Waals surface area contributed by atoms with E-state index in [0.29, 0.717) is 0 Å². The van der Waals surface area contributed by atoms with E-state index >= 15 is 0 Å². The first-order valence-electron chi connectivity index (χ1n) is 23.0. The fourth-order valence-electron chi connectivity index (χ4n) is 11.9. The molecular formula is C60H55N3. The predicted octanol–water partition coefficient (Wildman–Crippen LogP) is 13.9. The molecule has 0 N–H and O–H groups in total. The Hall–Kier alpha value is -6.58. The van der Waals surface area contributed by atoms with Gasteiger partial charge in [0.1, 0.15) is 0 Å². The van der Waals surface area contributed by atoms with Gasteiger partial charge in [0.25, 0.3) is 0 Å². The average molecular weight is 818 g/mol. The molecule has 12 rings (SSSR count). The second-order valence-electron chi connectivity index (χ2n) is 19.9. The highest BCUT2D eigenvalue weighted by Crippen LogP contribution is 2.53. The van der Waals surface area contributed by atoms with Crippen molar-refractivity contribution < 1.29 is 0 Å². The fraction of sp³-hybridized carbons (Fsp3) is 0.233. The molecule has 1 aromatic heterocycles. The molecule has 310 valence electrons. The Bertz CT molecular complexity index is 3440.